The van der Waals surface area contributed by atoms with Crippen molar-refractivity contribution in [1.29, 1.82) is 0 Å². The van der Waals surface area contributed by atoms with Gasteiger partial charge in [-0.1, -0.05) is 0 Å². The zero-order valence-corrected chi connectivity index (χ0v) is 23.4. The molecule has 4 rings (SSSR count). The number of carbonyl (C=O) groups is 1. The first-order valence-corrected chi connectivity index (χ1v) is 12.6. The number of hydrogen-bond donors (Lipinski definition) is 4. The van der Waals surface area contributed by atoms with Crippen molar-refractivity contribution in [3.63, 3.8) is 0 Å². The molecular weight excluding hydrogens is 564 g/mol. The summed E-state index contributed by atoms with van der Waals surface area (Å²) >= 11 is 0. The number of nitrogens with zero attached hydrogens (tertiary/aromatic N) is 2. The number of primary amides is 1. The Hall–Kier alpha value is -4.01. The first kappa shape index (κ1) is 32.5. The van der Waals surface area contributed by atoms with Gasteiger partial charge in [0.1, 0.15) is 24.3 Å². The van der Waals surface area contributed by atoms with Crippen LogP contribution in [0, 0.1) is 12.9 Å². The fraction of sp³-hybridized carbons (Fsp3) is 0.393. The summed E-state index contributed by atoms with van der Waals surface area (Å²) in [4.78, 5) is 18.6. The second-order valence-corrected chi connectivity index (χ2v) is 10.1. The lowest BCUT2D eigenvalue weighted by molar-refractivity contribution is -0.196. The summed E-state index contributed by atoms with van der Waals surface area (Å²) in [6.45, 7) is 3.04. The second-order valence-electron chi connectivity index (χ2n) is 10.1. The Morgan fingerprint density at radius 1 is 1.19 bits per heavy atom. The van der Waals surface area contributed by atoms with Gasteiger partial charge in [0.2, 0.25) is 11.9 Å². The molecule has 0 fully saturated rings. The third-order valence-electron chi connectivity index (χ3n) is 6.73. The van der Waals surface area contributed by atoms with Crippen molar-refractivity contribution >= 4 is 5.91 Å². The van der Waals surface area contributed by atoms with Gasteiger partial charge in [-0.25, -0.2) is 9.97 Å². The standard InChI is InChI=1S/C18H19F4N3O2.C10H13NO4/c1-9-6-24-13(19)4-10(9)14-15-11(17(3,23)8-27-15)5-12(25-14)16(2,7-26)18(20,21)22;1-14-9-6-7(10(11)13)2-3-8(9)15-5-4-12/h4-6,26H,7-8,23H2,1-3H3;2-3,6,12H,4-5H2,1H3,(H2,11,13). The molecule has 14 heteroatoms. The van der Waals surface area contributed by atoms with Crippen LogP contribution in [0.1, 0.15) is 41.0 Å². The maximum absolute atomic E-state index is 13.7. The number of alkyl halides is 3. The van der Waals surface area contributed by atoms with Gasteiger partial charge in [0.15, 0.2) is 17.2 Å². The number of ether oxygens (including phenoxy) is 3. The van der Waals surface area contributed by atoms with E-state index < -0.39 is 41.3 Å². The number of methoxy groups -OCH3 is 1. The van der Waals surface area contributed by atoms with Gasteiger partial charge in [0.05, 0.1) is 31.6 Å². The molecule has 0 bridgehead atoms. The molecule has 1 aromatic carbocycles. The number of amides is 1. The molecule has 1 aliphatic rings. The number of carbonyl (C=O) groups excluding carboxylic acids is 1. The largest absolute Gasteiger partial charge is 0.493 e. The monoisotopic (exact) mass is 596 g/mol. The average Bonchev–Trinajstić information content (AvgIpc) is 3.25. The van der Waals surface area contributed by atoms with Crippen LogP contribution < -0.4 is 25.7 Å². The van der Waals surface area contributed by atoms with E-state index in [1.54, 1.807) is 19.9 Å². The number of aryl methyl sites for hydroxylation is 1. The summed E-state index contributed by atoms with van der Waals surface area (Å²) in [5.41, 5.74) is 8.69. The predicted octanol–water partition coefficient (Wildman–Crippen LogP) is 3.13. The minimum Gasteiger partial charge on any atom is -0.493 e. The third-order valence-corrected chi connectivity index (χ3v) is 6.73. The van der Waals surface area contributed by atoms with Gasteiger partial charge in [0.25, 0.3) is 0 Å². The van der Waals surface area contributed by atoms with E-state index >= 15 is 0 Å². The summed E-state index contributed by atoms with van der Waals surface area (Å²) in [5, 5.41) is 18.1. The summed E-state index contributed by atoms with van der Waals surface area (Å²) in [6, 6.07) is 6.91. The number of aliphatic hydroxyl groups excluding tert-OH is 2. The van der Waals surface area contributed by atoms with Gasteiger partial charge < -0.3 is 35.9 Å². The fourth-order valence-corrected chi connectivity index (χ4v) is 4.03. The number of rotatable bonds is 8. The van der Waals surface area contributed by atoms with Crippen LogP contribution in [0.4, 0.5) is 17.6 Å². The smallest absolute Gasteiger partial charge is 0.401 e. The number of halogens is 4. The molecule has 3 heterocycles. The number of nitrogens with two attached hydrogens (primary N) is 2. The molecular formula is C28H32F4N4O6. The van der Waals surface area contributed by atoms with E-state index in [1.165, 1.54) is 31.5 Å². The zero-order valence-electron chi connectivity index (χ0n) is 23.4. The van der Waals surface area contributed by atoms with Crippen LogP contribution in [0.2, 0.25) is 0 Å². The van der Waals surface area contributed by atoms with Crippen LogP contribution in [0.25, 0.3) is 11.3 Å². The van der Waals surface area contributed by atoms with Crippen LogP contribution in [0.3, 0.4) is 0 Å². The van der Waals surface area contributed by atoms with Crippen molar-refractivity contribution in [3.05, 3.63) is 64.9 Å². The second kappa shape index (κ2) is 12.5. The summed E-state index contributed by atoms with van der Waals surface area (Å²) in [7, 11) is 1.46. The predicted molar refractivity (Wildman–Crippen MR) is 144 cm³/mol. The molecule has 0 aliphatic carbocycles. The number of benzene rings is 1. The molecule has 0 saturated carbocycles. The Kier molecular flexibility index (Phi) is 9.65. The van der Waals surface area contributed by atoms with Gasteiger partial charge in [-0.2, -0.15) is 17.6 Å². The van der Waals surface area contributed by atoms with Crippen LogP contribution in [0.5, 0.6) is 17.2 Å². The lowest BCUT2D eigenvalue weighted by atomic mass is 9.83. The van der Waals surface area contributed by atoms with Crippen LogP contribution in [0.15, 0.2) is 36.5 Å². The topological polar surface area (TPSA) is 163 Å². The molecule has 6 N–H and O–H groups in total. The molecule has 2 atom stereocenters. The van der Waals surface area contributed by atoms with E-state index in [4.69, 9.17) is 30.8 Å². The number of hydrogen-bond acceptors (Lipinski definition) is 9. The Morgan fingerprint density at radius 3 is 2.45 bits per heavy atom. The maximum atomic E-state index is 13.7. The van der Waals surface area contributed by atoms with Crippen molar-refractivity contribution in [2.75, 3.05) is 33.5 Å². The number of fused-ring (bicyclic) bond motifs is 1. The highest BCUT2D eigenvalue weighted by molar-refractivity contribution is 5.93. The quantitative estimate of drug-likeness (QED) is 0.226. The highest BCUT2D eigenvalue weighted by atomic mass is 19.4. The minimum absolute atomic E-state index is 0.0366. The molecule has 2 unspecified atom stereocenters. The molecule has 0 spiro atoms. The first-order chi connectivity index (χ1) is 19.6. The van der Waals surface area contributed by atoms with Crippen molar-refractivity contribution < 1.29 is 46.8 Å². The van der Waals surface area contributed by atoms with E-state index in [0.29, 0.717) is 28.2 Å². The lowest BCUT2D eigenvalue weighted by Gasteiger charge is -2.31. The Bertz CT molecular complexity index is 1450. The van der Waals surface area contributed by atoms with Gasteiger partial charge in [-0.05, 0) is 50.6 Å². The van der Waals surface area contributed by atoms with Gasteiger partial charge in [0, 0.05) is 29.0 Å². The maximum Gasteiger partial charge on any atom is 0.401 e. The molecule has 1 amide bonds. The molecule has 0 saturated heterocycles. The lowest BCUT2D eigenvalue weighted by Crippen LogP contribution is -2.44. The molecule has 1 aliphatic heterocycles. The van der Waals surface area contributed by atoms with E-state index in [-0.39, 0.29) is 36.8 Å². The molecule has 42 heavy (non-hydrogen) atoms. The molecule has 228 valence electrons. The van der Waals surface area contributed by atoms with E-state index in [1.807, 2.05) is 0 Å². The average molecular weight is 597 g/mol. The first-order valence-electron chi connectivity index (χ1n) is 12.6. The number of pyridine rings is 2. The Balaban J connectivity index is 0.000000274. The molecule has 2 aromatic heterocycles. The molecule has 3 aromatic rings. The SMILES string of the molecule is COc1cc(C(N)=O)ccc1OCCO.Cc1cnc(F)cc1-c1nc(C(C)(CO)C(F)(F)F)cc2c1OCC2(C)N. The summed E-state index contributed by atoms with van der Waals surface area (Å²) in [5.74, 6) is -0.232. The zero-order chi connectivity index (χ0) is 31.5. The Morgan fingerprint density at radius 2 is 1.88 bits per heavy atom. The minimum atomic E-state index is -4.76. The van der Waals surface area contributed by atoms with Crippen LogP contribution >= 0.6 is 0 Å². The highest BCUT2D eigenvalue weighted by Gasteiger charge is 2.54. The van der Waals surface area contributed by atoms with E-state index in [9.17, 15) is 27.5 Å². The van der Waals surface area contributed by atoms with Crippen molar-refractivity contribution in [1.82, 2.24) is 9.97 Å². The van der Waals surface area contributed by atoms with Gasteiger partial charge in [-0.15, -0.1) is 0 Å². The normalized spacial score (nSPS) is 17.3. The third kappa shape index (κ3) is 6.55. The van der Waals surface area contributed by atoms with Gasteiger partial charge >= 0.3 is 6.18 Å². The van der Waals surface area contributed by atoms with Crippen molar-refractivity contribution in [2.24, 2.45) is 11.5 Å². The van der Waals surface area contributed by atoms with E-state index in [2.05, 4.69) is 9.97 Å². The van der Waals surface area contributed by atoms with Crippen LogP contribution in [-0.4, -0.2) is 65.8 Å². The van der Waals surface area contributed by atoms with Crippen LogP contribution in [-0.2, 0) is 11.0 Å². The highest BCUT2D eigenvalue weighted by Crippen LogP contribution is 2.47. The van der Waals surface area contributed by atoms with Gasteiger partial charge in [-0.3, -0.25) is 4.79 Å². The molecule has 10 nitrogen and oxygen atoms in total. The fourth-order valence-electron chi connectivity index (χ4n) is 4.03. The summed E-state index contributed by atoms with van der Waals surface area (Å²) in [6.07, 6.45) is -3.50. The van der Waals surface area contributed by atoms with Crippen molar-refractivity contribution in [2.45, 2.75) is 37.9 Å². The van der Waals surface area contributed by atoms with E-state index in [0.717, 1.165) is 13.0 Å². The Labute approximate surface area is 239 Å². The molecule has 0 radical (unpaired) electrons. The number of aromatic nitrogens is 2. The van der Waals surface area contributed by atoms with Crippen molar-refractivity contribution in [3.8, 4) is 28.5 Å². The number of aliphatic hydroxyl groups is 2. The summed E-state index contributed by atoms with van der Waals surface area (Å²) < 4.78 is 70.6.